The van der Waals surface area contributed by atoms with Crippen molar-refractivity contribution in [3.63, 3.8) is 0 Å². The van der Waals surface area contributed by atoms with Crippen molar-refractivity contribution in [3.05, 3.63) is 132 Å². The fourth-order valence-corrected chi connectivity index (χ4v) is 6.84. The largest absolute Gasteiger partial charge is 2.00 e. The van der Waals surface area contributed by atoms with Crippen molar-refractivity contribution < 1.29 is 25.8 Å². The van der Waals surface area contributed by atoms with Crippen LogP contribution in [0.3, 0.4) is 0 Å². The first-order chi connectivity index (χ1) is 23.0. The number of fused-ring (bicyclic) bond motifs is 3. The maximum Gasteiger partial charge on any atom is 2.00 e. The minimum atomic E-state index is 0. The third-order valence-electron chi connectivity index (χ3n) is 10.0. The molecule has 250 valence electrons. The Hall–Kier alpha value is -4.47. The van der Waals surface area contributed by atoms with E-state index in [2.05, 4.69) is 120 Å². The van der Waals surface area contributed by atoms with Gasteiger partial charge in [0.2, 0.25) is 0 Å². The van der Waals surface area contributed by atoms with Crippen LogP contribution in [0.15, 0.2) is 97.2 Å². The van der Waals surface area contributed by atoms with E-state index in [1.165, 1.54) is 10.9 Å². The van der Waals surface area contributed by atoms with Crippen LogP contribution in [0, 0.1) is 44.2 Å². The summed E-state index contributed by atoms with van der Waals surface area (Å²) in [6, 6.07) is 38.5. The first kappa shape index (κ1) is 34.4. The molecule has 6 heteroatoms. The summed E-state index contributed by atoms with van der Waals surface area (Å²) in [5.74, 6) is 2.99. The number of nitrogens with zero attached hydrogens (tertiary/aromatic N) is 4. The number of aromatic nitrogens is 4. The van der Waals surface area contributed by atoms with Gasteiger partial charge in [0.25, 0.3) is 0 Å². The molecule has 2 unspecified atom stereocenters. The summed E-state index contributed by atoms with van der Waals surface area (Å²) >= 11 is 0. The van der Waals surface area contributed by atoms with E-state index in [0.717, 1.165) is 56.0 Å². The van der Waals surface area contributed by atoms with Gasteiger partial charge in [0.05, 0.1) is 5.69 Å². The van der Waals surface area contributed by atoms with Crippen LogP contribution >= 0.6 is 0 Å². The van der Waals surface area contributed by atoms with Crippen LogP contribution in [0.25, 0.3) is 44.4 Å². The topological polar surface area (TPSA) is 44.9 Å². The summed E-state index contributed by atoms with van der Waals surface area (Å²) in [6.45, 7) is 17.9. The molecule has 0 aliphatic heterocycles. The Bertz CT molecular complexity index is 2280. The molecule has 3 heterocycles. The predicted molar refractivity (Wildman–Crippen MR) is 197 cm³/mol. The van der Waals surface area contributed by atoms with Gasteiger partial charge >= 0.3 is 21.1 Å². The van der Waals surface area contributed by atoms with Gasteiger partial charge < -0.3 is 9.30 Å². The van der Waals surface area contributed by atoms with Crippen LogP contribution in [0.5, 0.6) is 11.5 Å². The molecule has 0 N–H and O–H groups in total. The Balaban J connectivity index is 0.00000417. The Labute approximate surface area is 304 Å². The van der Waals surface area contributed by atoms with Crippen molar-refractivity contribution in [1.82, 2.24) is 19.3 Å². The second kappa shape index (κ2) is 13.4. The smallest absolute Gasteiger partial charge is 0.509 e. The van der Waals surface area contributed by atoms with E-state index in [4.69, 9.17) is 14.8 Å². The number of hydrogen-bond acceptors (Lipinski definition) is 3. The summed E-state index contributed by atoms with van der Waals surface area (Å²) in [5, 5.41) is 7.18. The molecule has 0 amide bonds. The van der Waals surface area contributed by atoms with E-state index in [-0.39, 0.29) is 26.5 Å². The molecule has 3 aromatic heterocycles. The maximum absolute atomic E-state index is 6.47. The fourth-order valence-electron chi connectivity index (χ4n) is 6.84. The number of benzene rings is 4. The summed E-state index contributed by atoms with van der Waals surface area (Å²) in [6.07, 6.45) is 1.87. The normalized spacial score (nSPS) is 13.0. The first-order valence-electron chi connectivity index (χ1n) is 16.7. The van der Waals surface area contributed by atoms with Crippen LogP contribution in [0.2, 0.25) is 0 Å². The number of aryl methyl sites for hydroxylation is 2. The van der Waals surface area contributed by atoms with Crippen LogP contribution < -0.4 is 4.74 Å². The van der Waals surface area contributed by atoms with Gasteiger partial charge in [-0.2, -0.15) is 17.2 Å². The van der Waals surface area contributed by atoms with Crippen LogP contribution in [0.4, 0.5) is 0 Å². The molecule has 0 saturated heterocycles. The Kier molecular flexibility index (Phi) is 9.44. The molecule has 49 heavy (non-hydrogen) atoms. The third-order valence-corrected chi connectivity index (χ3v) is 10.0. The van der Waals surface area contributed by atoms with Gasteiger partial charge in [0.15, 0.2) is 0 Å². The van der Waals surface area contributed by atoms with Crippen molar-refractivity contribution in [2.75, 3.05) is 0 Å². The summed E-state index contributed by atoms with van der Waals surface area (Å²) in [7, 11) is 0. The average Bonchev–Trinajstić information content (AvgIpc) is 3.56. The van der Waals surface area contributed by atoms with E-state index < -0.39 is 0 Å². The van der Waals surface area contributed by atoms with E-state index in [1.807, 2.05) is 54.2 Å². The van der Waals surface area contributed by atoms with E-state index in [9.17, 15) is 0 Å². The summed E-state index contributed by atoms with van der Waals surface area (Å²) in [5.41, 5.74) is 9.86. The molecule has 7 rings (SSSR count). The summed E-state index contributed by atoms with van der Waals surface area (Å²) in [4.78, 5) is 4.78. The number of ether oxygens (including phenoxy) is 1. The molecular formula is C43H42N4OPt. The van der Waals surface area contributed by atoms with Gasteiger partial charge in [0, 0.05) is 34.5 Å². The standard InChI is InChI=1S/C43H42N4O.Pt/c1-27-21-22-44-41(23-27)46-39-20-17-33(28(2)29(3)43(6,7)8)24-38(39)37-19-18-36(26-40(37)46)48-35-16-12-15-34(25-35)47-31(5)42(30(4)45-47)32-13-10-9-11-14-32;/h9-24,28-29H,1-8H3;/q-2;+2. The maximum atomic E-state index is 6.47. The predicted octanol–water partition coefficient (Wildman–Crippen LogP) is 11.1. The third kappa shape index (κ3) is 6.49. The Morgan fingerprint density at radius 2 is 1.53 bits per heavy atom. The van der Waals surface area contributed by atoms with Gasteiger partial charge in [-0.3, -0.25) is 4.68 Å². The van der Waals surface area contributed by atoms with Crippen molar-refractivity contribution in [2.24, 2.45) is 11.3 Å². The van der Waals surface area contributed by atoms with E-state index >= 15 is 0 Å². The van der Waals surface area contributed by atoms with Crippen molar-refractivity contribution in [1.29, 1.82) is 0 Å². The molecule has 7 aromatic rings. The fraction of sp³-hybridized carbons (Fsp3) is 0.256. The molecule has 0 saturated carbocycles. The Morgan fingerprint density at radius 1 is 0.776 bits per heavy atom. The van der Waals surface area contributed by atoms with Gasteiger partial charge in [-0.1, -0.05) is 82.6 Å². The van der Waals surface area contributed by atoms with E-state index in [1.54, 1.807) is 0 Å². The monoisotopic (exact) mass is 825 g/mol. The second-order valence-electron chi connectivity index (χ2n) is 14.2. The quantitative estimate of drug-likeness (QED) is 0.150. The molecule has 0 fully saturated rings. The summed E-state index contributed by atoms with van der Waals surface area (Å²) < 4.78 is 10.6. The number of rotatable bonds is 7. The molecule has 0 bridgehead atoms. The minimum absolute atomic E-state index is 0. The van der Waals surface area contributed by atoms with Gasteiger partial charge in [-0.05, 0) is 84.0 Å². The molecule has 0 spiro atoms. The van der Waals surface area contributed by atoms with Gasteiger partial charge in [-0.25, -0.2) is 4.98 Å². The van der Waals surface area contributed by atoms with Crippen LogP contribution in [-0.2, 0) is 21.1 Å². The number of hydrogen-bond donors (Lipinski definition) is 0. The minimum Gasteiger partial charge on any atom is -0.509 e. The van der Waals surface area contributed by atoms with Crippen molar-refractivity contribution in [2.45, 2.75) is 61.3 Å². The molecule has 4 aromatic carbocycles. The van der Waals surface area contributed by atoms with E-state index in [0.29, 0.717) is 23.3 Å². The zero-order chi connectivity index (χ0) is 33.7. The van der Waals surface area contributed by atoms with Gasteiger partial charge in [-0.15, -0.1) is 35.7 Å². The van der Waals surface area contributed by atoms with Crippen molar-refractivity contribution in [3.8, 4) is 34.1 Å². The molecular weight excluding hydrogens is 784 g/mol. The van der Waals surface area contributed by atoms with Crippen LogP contribution in [0.1, 0.15) is 63.1 Å². The number of pyridine rings is 1. The van der Waals surface area contributed by atoms with Gasteiger partial charge in [0.1, 0.15) is 5.82 Å². The molecule has 0 aliphatic carbocycles. The Morgan fingerprint density at radius 3 is 2.27 bits per heavy atom. The SMILES string of the molecule is Cc1ccnc(-n2c3[c-]c(Oc4[c-]c(-n5nc(C)c(-c6ccccc6)c5C)ccc4)ccc3c3cc(C(C)C(C)C(C)(C)C)ccc32)c1.[Pt+2]. The molecule has 0 aliphatic rings. The molecule has 5 nitrogen and oxygen atoms in total. The zero-order valence-corrected chi connectivity index (χ0v) is 31.7. The van der Waals surface area contributed by atoms with Crippen molar-refractivity contribution >= 4 is 21.8 Å². The second-order valence-corrected chi connectivity index (χ2v) is 14.2. The average molecular weight is 826 g/mol. The molecule has 2 atom stereocenters. The molecule has 0 radical (unpaired) electrons. The van der Waals surface area contributed by atoms with Crippen LogP contribution in [-0.4, -0.2) is 19.3 Å². The first-order valence-corrected chi connectivity index (χ1v) is 16.7. The zero-order valence-electron chi connectivity index (χ0n) is 29.4.